The Balaban J connectivity index is 1.86. The number of hydrogen-bond donors (Lipinski definition) is 2. The van der Waals surface area contributed by atoms with Crippen LogP contribution in [0.15, 0.2) is 24.3 Å². The van der Waals surface area contributed by atoms with Crippen molar-refractivity contribution in [3.05, 3.63) is 35.4 Å². The number of hydrogen-bond acceptors (Lipinski definition) is 3. The second-order valence-electron chi connectivity index (χ2n) is 5.07. The van der Waals surface area contributed by atoms with Gasteiger partial charge in [0, 0.05) is 25.3 Å². The van der Waals surface area contributed by atoms with Crippen LogP contribution in [0.4, 0.5) is 0 Å². The Morgan fingerprint density at radius 1 is 1.56 bits per heavy atom. The number of amides is 1. The number of nitrogens with two attached hydrogens (primary N) is 1. The molecule has 1 saturated heterocycles. The number of benzene rings is 1. The zero-order valence-electron chi connectivity index (χ0n) is 10.7. The van der Waals surface area contributed by atoms with Crippen LogP contribution in [0.3, 0.4) is 0 Å². The van der Waals surface area contributed by atoms with Crippen LogP contribution in [-0.4, -0.2) is 24.7 Å². The molecular formula is C14H20N2O2. The van der Waals surface area contributed by atoms with E-state index in [1.54, 1.807) is 6.07 Å². The molecule has 1 amide bonds. The fourth-order valence-corrected chi connectivity index (χ4v) is 2.28. The molecule has 0 radical (unpaired) electrons. The molecule has 1 aromatic carbocycles. The van der Waals surface area contributed by atoms with E-state index in [0.29, 0.717) is 5.56 Å². The summed E-state index contributed by atoms with van der Waals surface area (Å²) in [6.45, 7) is 4.54. The Kier molecular flexibility index (Phi) is 3.99. The molecule has 2 rings (SSSR count). The highest BCUT2D eigenvalue weighted by Crippen LogP contribution is 2.23. The average molecular weight is 248 g/mol. The third-order valence-electron chi connectivity index (χ3n) is 3.34. The SMILES string of the molecule is CC1(CNCc2cccc(C(N)=O)c2)CCCO1. The molecule has 1 aliphatic rings. The molecule has 18 heavy (non-hydrogen) atoms. The average Bonchev–Trinajstić information content (AvgIpc) is 2.77. The molecule has 1 atom stereocenters. The van der Waals surface area contributed by atoms with Crippen LogP contribution in [0.2, 0.25) is 0 Å². The van der Waals surface area contributed by atoms with Crippen molar-refractivity contribution in [2.75, 3.05) is 13.2 Å². The summed E-state index contributed by atoms with van der Waals surface area (Å²) in [4.78, 5) is 11.1. The van der Waals surface area contributed by atoms with E-state index in [9.17, 15) is 4.79 Å². The first kappa shape index (κ1) is 13.1. The van der Waals surface area contributed by atoms with Gasteiger partial charge >= 0.3 is 0 Å². The minimum atomic E-state index is -0.386. The molecule has 0 spiro atoms. The van der Waals surface area contributed by atoms with Gasteiger partial charge in [0.15, 0.2) is 0 Å². The van der Waals surface area contributed by atoms with Crippen molar-refractivity contribution < 1.29 is 9.53 Å². The van der Waals surface area contributed by atoms with Crippen LogP contribution < -0.4 is 11.1 Å². The standard InChI is InChI=1S/C14H20N2O2/c1-14(6-3-7-18-14)10-16-9-11-4-2-5-12(8-11)13(15)17/h2,4-5,8,16H,3,6-7,9-10H2,1H3,(H2,15,17). The smallest absolute Gasteiger partial charge is 0.248 e. The van der Waals surface area contributed by atoms with E-state index in [1.165, 1.54) is 0 Å². The van der Waals surface area contributed by atoms with Gasteiger partial charge in [-0.25, -0.2) is 0 Å². The summed E-state index contributed by atoms with van der Waals surface area (Å²) >= 11 is 0. The van der Waals surface area contributed by atoms with Gasteiger partial charge in [-0.1, -0.05) is 12.1 Å². The van der Waals surface area contributed by atoms with E-state index in [0.717, 1.165) is 38.1 Å². The quantitative estimate of drug-likeness (QED) is 0.829. The van der Waals surface area contributed by atoms with Crippen molar-refractivity contribution >= 4 is 5.91 Å². The van der Waals surface area contributed by atoms with Gasteiger partial charge in [-0.3, -0.25) is 4.79 Å². The summed E-state index contributed by atoms with van der Waals surface area (Å²) < 4.78 is 5.70. The Bertz CT molecular complexity index is 426. The zero-order chi connectivity index (χ0) is 13.0. The van der Waals surface area contributed by atoms with Gasteiger partial charge in [0.25, 0.3) is 0 Å². The Morgan fingerprint density at radius 3 is 3.06 bits per heavy atom. The molecule has 4 heteroatoms. The molecule has 0 saturated carbocycles. The second kappa shape index (κ2) is 5.50. The van der Waals surface area contributed by atoms with Gasteiger partial charge in [-0.2, -0.15) is 0 Å². The Labute approximate surface area is 108 Å². The number of rotatable bonds is 5. The van der Waals surface area contributed by atoms with Gasteiger partial charge in [0.2, 0.25) is 5.91 Å². The van der Waals surface area contributed by atoms with Gasteiger partial charge in [0.1, 0.15) is 0 Å². The first-order valence-electron chi connectivity index (χ1n) is 6.32. The monoisotopic (exact) mass is 248 g/mol. The summed E-state index contributed by atoms with van der Waals surface area (Å²) in [5, 5.41) is 3.37. The maximum Gasteiger partial charge on any atom is 0.248 e. The van der Waals surface area contributed by atoms with Crippen molar-refractivity contribution in [3.63, 3.8) is 0 Å². The van der Waals surface area contributed by atoms with Crippen molar-refractivity contribution in [1.82, 2.24) is 5.32 Å². The lowest BCUT2D eigenvalue weighted by molar-refractivity contribution is 0.0207. The molecule has 1 heterocycles. The molecule has 3 N–H and O–H groups in total. The Hall–Kier alpha value is -1.39. The molecule has 1 aromatic rings. The van der Waals surface area contributed by atoms with E-state index in [1.807, 2.05) is 18.2 Å². The topological polar surface area (TPSA) is 64.3 Å². The van der Waals surface area contributed by atoms with E-state index in [2.05, 4.69) is 12.2 Å². The largest absolute Gasteiger partial charge is 0.374 e. The van der Waals surface area contributed by atoms with Crippen molar-refractivity contribution in [2.45, 2.75) is 31.9 Å². The molecule has 0 aliphatic carbocycles. The van der Waals surface area contributed by atoms with Gasteiger partial charge in [-0.15, -0.1) is 0 Å². The number of nitrogens with one attached hydrogen (secondary N) is 1. The highest BCUT2D eigenvalue weighted by atomic mass is 16.5. The zero-order valence-corrected chi connectivity index (χ0v) is 10.7. The fraction of sp³-hybridized carbons (Fsp3) is 0.500. The lowest BCUT2D eigenvalue weighted by Gasteiger charge is -2.23. The molecular weight excluding hydrogens is 228 g/mol. The third kappa shape index (κ3) is 3.31. The minimum Gasteiger partial charge on any atom is -0.374 e. The lowest BCUT2D eigenvalue weighted by Crippen LogP contribution is -2.36. The summed E-state index contributed by atoms with van der Waals surface area (Å²) in [6.07, 6.45) is 2.23. The fourth-order valence-electron chi connectivity index (χ4n) is 2.28. The maximum atomic E-state index is 11.1. The van der Waals surface area contributed by atoms with Crippen molar-refractivity contribution in [1.29, 1.82) is 0 Å². The van der Waals surface area contributed by atoms with E-state index in [-0.39, 0.29) is 11.5 Å². The van der Waals surface area contributed by atoms with Crippen molar-refractivity contribution in [3.8, 4) is 0 Å². The highest BCUT2D eigenvalue weighted by Gasteiger charge is 2.28. The van der Waals surface area contributed by atoms with Crippen LogP contribution in [0, 0.1) is 0 Å². The molecule has 4 nitrogen and oxygen atoms in total. The molecule has 0 aromatic heterocycles. The molecule has 1 unspecified atom stereocenters. The van der Waals surface area contributed by atoms with Crippen LogP contribution in [0.1, 0.15) is 35.7 Å². The van der Waals surface area contributed by atoms with Gasteiger partial charge in [-0.05, 0) is 37.5 Å². The second-order valence-corrected chi connectivity index (χ2v) is 5.07. The first-order chi connectivity index (χ1) is 8.59. The summed E-state index contributed by atoms with van der Waals surface area (Å²) in [6, 6.07) is 7.39. The van der Waals surface area contributed by atoms with Gasteiger partial charge < -0.3 is 15.8 Å². The summed E-state index contributed by atoms with van der Waals surface area (Å²) in [7, 11) is 0. The third-order valence-corrected chi connectivity index (χ3v) is 3.34. The first-order valence-corrected chi connectivity index (χ1v) is 6.32. The Morgan fingerprint density at radius 2 is 2.39 bits per heavy atom. The van der Waals surface area contributed by atoms with E-state index < -0.39 is 0 Å². The lowest BCUT2D eigenvalue weighted by atomic mass is 10.0. The van der Waals surface area contributed by atoms with E-state index in [4.69, 9.17) is 10.5 Å². The van der Waals surface area contributed by atoms with Crippen LogP contribution in [0.25, 0.3) is 0 Å². The summed E-state index contributed by atoms with van der Waals surface area (Å²) in [5.41, 5.74) is 6.83. The summed E-state index contributed by atoms with van der Waals surface area (Å²) in [5.74, 6) is -0.386. The van der Waals surface area contributed by atoms with Gasteiger partial charge in [0.05, 0.1) is 5.60 Å². The number of carbonyl (C=O) groups is 1. The molecule has 1 fully saturated rings. The number of carbonyl (C=O) groups excluding carboxylic acids is 1. The normalized spacial score (nSPS) is 23.2. The number of primary amides is 1. The van der Waals surface area contributed by atoms with Crippen LogP contribution in [0.5, 0.6) is 0 Å². The van der Waals surface area contributed by atoms with Crippen molar-refractivity contribution in [2.24, 2.45) is 5.73 Å². The van der Waals surface area contributed by atoms with Crippen LogP contribution >= 0.6 is 0 Å². The number of ether oxygens (including phenoxy) is 1. The van der Waals surface area contributed by atoms with E-state index >= 15 is 0 Å². The predicted octanol–water partition coefficient (Wildman–Crippen LogP) is 1.44. The molecule has 0 bridgehead atoms. The molecule has 1 aliphatic heterocycles. The highest BCUT2D eigenvalue weighted by molar-refractivity contribution is 5.92. The molecule has 98 valence electrons. The van der Waals surface area contributed by atoms with Crippen LogP contribution in [-0.2, 0) is 11.3 Å². The maximum absolute atomic E-state index is 11.1. The predicted molar refractivity (Wildman–Crippen MR) is 70.3 cm³/mol. The minimum absolute atomic E-state index is 0.0404.